The van der Waals surface area contributed by atoms with Gasteiger partial charge in [0, 0.05) is 50.6 Å². The van der Waals surface area contributed by atoms with E-state index in [9.17, 15) is 4.79 Å². The average Bonchev–Trinajstić information content (AvgIpc) is 2.73. The van der Waals surface area contributed by atoms with Gasteiger partial charge in [-0.15, -0.1) is 0 Å². The predicted molar refractivity (Wildman–Crippen MR) is 106 cm³/mol. The number of methoxy groups -OCH3 is 1. The molecule has 0 radical (unpaired) electrons. The molecule has 6 nitrogen and oxygen atoms in total. The summed E-state index contributed by atoms with van der Waals surface area (Å²) in [5.41, 5.74) is 4.95. The van der Waals surface area contributed by atoms with Gasteiger partial charge in [0.1, 0.15) is 5.75 Å². The molecule has 3 rings (SSSR count). The molecule has 2 aromatic rings. The Kier molecular flexibility index (Phi) is 6.46. The highest BCUT2D eigenvalue weighted by atomic mass is 16.5. The predicted octanol–water partition coefficient (Wildman–Crippen LogP) is 2.54. The lowest BCUT2D eigenvalue weighted by Crippen LogP contribution is -2.45. The molecule has 1 aliphatic rings. The number of hydrogen-bond acceptors (Lipinski definition) is 5. The molecule has 27 heavy (non-hydrogen) atoms. The molecule has 0 unspecified atom stereocenters. The van der Waals surface area contributed by atoms with Gasteiger partial charge in [-0.1, -0.05) is 30.3 Å². The first-order valence-electron chi connectivity index (χ1n) is 9.00. The zero-order valence-corrected chi connectivity index (χ0v) is 15.5. The van der Waals surface area contributed by atoms with Gasteiger partial charge in [0.2, 0.25) is 0 Å². The fourth-order valence-corrected chi connectivity index (χ4v) is 3.17. The Balaban J connectivity index is 1.51. The van der Waals surface area contributed by atoms with Crippen molar-refractivity contribution in [3.05, 3.63) is 65.7 Å². The molecule has 1 saturated heterocycles. The van der Waals surface area contributed by atoms with Gasteiger partial charge in [0.25, 0.3) is 5.91 Å². The van der Waals surface area contributed by atoms with Crippen LogP contribution in [-0.4, -0.2) is 49.3 Å². The van der Waals surface area contributed by atoms with Crippen LogP contribution >= 0.6 is 0 Å². The fraction of sp³-hybridized carbons (Fsp3) is 0.286. The molecule has 0 spiro atoms. The standard InChI is InChI=1S/C21H25N3O3/c1-27-20-4-2-3-19(15-20)24-13-11-23(12-14-24)16-18-7-5-17(6-8-18)9-10-21(25)22-26/h2-10,15,26H,11-14,16H2,1H3,(H,22,25). The quantitative estimate of drug-likeness (QED) is 0.467. The third-order valence-electron chi connectivity index (χ3n) is 4.71. The van der Waals surface area contributed by atoms with Gasteiger partial charge in [-0.25, -0.2) is 5.48 Å². The van der Waals surface area contributed by atoms with Gasteiger partial charge in [0.15, 0.2) is 0 Å². The van der Waals surface area contributed by atoms with Crippen LogP contribution in [0.5, 0.6) is 5.75 Å². The number of ether oxygens (including phenoxy) is 1. The van der Waals surface area contributed by atoms with Crippen molar-refractivity contribution in [1.29, 1.82) is 0 Å². The van der Waals surface area contributed by atoms with Crippen LogP contribution in [0.15, 0.2) is 54.6 Å². The first-order chi connectivity index (χ1) is 13.2. The van der Waals surface area contributed by atoms with E-state index in [-0.39, 0.29) is 0 Å². The van der Waals surface area contributed by atoms with Crippen molar-refractivity contribution in [1.82, 2.24) is 10.4 Å². The van der Waals surface area contributed by atoms with Crippen molar-refractivity contribution in [3.8, 4) is 5.75 Å². The Morgan fingerprint density at radius 2 is 1.89 bits per heavy atom. The van der Waals surface area contributed by atoms with Gasteiger partial charge in [-0.3, -0.25) is 14.9 Å². The Bertz CT molecular complexity index is 782. The van der Waals surface area contributed by atoms with Crippen LogP contribution < -0.4 is 15.1 Å². The highest BCUT2D eigenvalue weighted by Gasteiger charge is 2.17. The summed E-state index contributed by atoms with van der Waals surface area (Å²) in [7, 11) is 1.69. The SMILES string of the molecule is COc1cccc(N2CCN(Cc3ccc(C=CC(=O)NO)cc3)CC2)c1. The number of rotatable bonds is 6. The Labute approximate surface area is 159 Å². The lowest BCUT2D eigenvalue weighted by molar-refractivity contribution is -0.124. The largest absolute Gasteiger partial charge is 0.497 e. The molecule has 6 heteroatoms. The summed E-state index contributed by atoms with van der Waals surface area (Å²) < 4.78 is 5.32. The monoisotopic (exact) mass is 367 g/mol. The number of hydroxylamine groups is 1. The molecule has 1 fully saturated rings. The average molecular weight is 367 g/mol. The summed E-state index contributed by atoms with van der Waals surface area (Å²) in [5.74, 6) is 0.355. The number of amides is 1. The third-order valence-corrected chi connectivity index (χ3v) is 4.71. The van der Waals surface area contributed by atoms with E-state index in [1.807, 2.05) is 24.3 Å². The van der Waals surface area contributed by atoms with Crippen molar-refractivity contribution in [2.24, 2.45) is 0 Å². The van der Waals surface area contributed by atoms with Crippen LogP contribution in [0.2, 0.25) is 0 Å². The second-order valence-corrected chi connectivity index (χ2v) is 6.52. The minimum atomic E-state index is -0.534. The Morgan fingerprint density at radius 3 is 2.56 bits per heavy atom. The van der Waals surface area contributed by atoms with Crippen LogP contribution in [0.3, 0.4) is 0 Å². The normalized spacial score (nSPS) is 15.1. The number of anilines is 1. The van der Waals surface area contributed by atoms with Gasteiger partial charge in [-0.05, 0) is 29.3 Å². The fourth-order valence-electron chi connectivity index (χ4n) is 3.17. The molecule has 2 aromatic carbocycles. The number of benzene rings is 2. The molecule has 0 bridgehead atoms. The molecule has 0 aromatic heterocycles. The first kappa shape index (κ1) is 18.9. The highest BCUT2D eigenvalue weighted by Crippen LogP contribution is 2.22. The van der Waals surface area contributed by atoms with Crippen molar-refractivity contribution >= 4 is 17.7 Å². The molecular weight excluding hydrogens is 342 g/mol. The summed E-state index contributed by atoms with van der Waals surface area (Å²) in [4.78, 5) is 15.8. The molecule has 1 amide bonds. The van der Waals surface area contributed by atoms with Crippen LogP contribution in [0.25, 0.3) is 6.08 Å². The summed E-state index contributed by atoms with van der Waals surface area (Å²) in [6.07, 6.45) is 2.97. The first-order valence-corrected chi connectivity index (χ1v) is 9.00. The lowest BCUT2D eigenvalue weighted by Gasteiger charge is -2.36. The molecule has 0 saturated carbocycles. The molecule has 0 aliphatic carbocycles. The maximum Gasteiger partial charge on any atom is 0.267 e. The number of carbonyl (C=O) groups is 1. The molecule has 0 atom stereocenters. The van der Waals surface area contributed by atoms with Crippen LogP contribution in [0, 0.1) is 0 Å². The van der Waals surface area contributed by atoms with E-state index < -0.39 is 5.91 Å². The van der Waals surface area contributed by atoms with E-state index in [1.54, 1.807) is 18.7 Å². The second kappa shape index (κ2) is 9.21. The molecule has 1 heterocycles. The minimum absolute atomic E-state index is 0.534. The number of nitrogens with zero attached hydrogens (tertiary/aromatic N) is 2. The Hall–Kier alpha value is -2.83. The Morgan fingerprint density at radius 1 is 1.15 bits per heavy atom. The van der Waals surface area contributed by atoms with E-state index in [0.29, 0.717) is 0 Å². The molecule has 142 valence electrons. The van der Waals surface area contributed by atoms with Crippen LogP contribution in [-0.2, 0) is 11.3 Å². The number of nitrogens with one attached hydrogen (secondary N) is 1. The molecule has 1 aliphatic heterocycles. The highest BCUT2D eigenvalue weighted by molar-refractivity contribution is 5.90. The number of hydrogen-bond donors (Lipinski definition) is 2. The maximum absolute atomic E-state index is 11.0. The van der Waals surface area contributed by atoms with E-state index in [0.717, 1.165) is 44.0 Å². The van der Waals surface area contributed by atoms with Crippen molar-refractivity contribution < 1.29 is 14.7 Å². The minimum Gasteiger partial charge on any atom is -0.497 e. The zero-order chi connectivity index (χ0) is 19.1. The lowest BCUT2D eigenvalue weighted by atomic mass is 10.1. The van der Waals surface area contributed by atoms with E-state index >= 15 is 0 Å². The smallest absolute Gasteiger partial charge is 0.267 e. The maximum atomic E-state index is 11.0. The third kappa shape index (κ3) is 5.32. The molecular formula is C21H25N3O3. The van der Waals surface area contributed by atoms with E-state index in [1.165, 1.54) is 17.3 Å². The van der Waals surface area contributed by atoms with Crippen molar-refractivity contribution in [2.75, 3.05) is 38.2 Å². The molecule has 2 N–H and O–H groups in total. The topological polar surface area (TPSA) is 65.0 Å². The number of piperazine rings is 1. The van der Waals surface area contributed by atoms with Crippen molar-refractivity contribution in [2.45, 2.75) is 6.54 Å². The summed E-state index contributed by atoms with van der Waals surface area (Å²) in [6.45, 7) is 4.91. The van der Waals surface area contributed by atoms with Gasteiger partial charge in [0.05, 0.1) is 7.11 Å². The van der Waals surface area contributed by atoms with Crippen molar-refractivity contribution in [3.63, 3.8) is 0 Å². The van der Waals surface area contributed by atoms with Gasteiger partial charge < -0.3 is 9.64 Å². The van der Waals surface area contributed by atoms with Crippen LogP contribution in [0.1, 0.15) is 11.1 Å². The van der Waals surface area contributed by atoms with Crippen LogP contribution in [0.4, 0.5) is 5.69 Å². The van der Waals surface area contributed by atoms with Gasteiger partial charge in [-0.2, -0.15) is 0 Å². The summed E-state index contributed by atoms with van der Waals surface area (Å²) >= 11 is 0. The second-order valence-electron chi connectivity index (χ2n) is 6.52. The van der Waals surface area contributed by atoms with Gasteiger partial charge >= 0.3 is 0 Å². The van der Waals surface area contributed by atoms with E-state index in [2.05, 4.69) is 34.1 Å². The zero-order valence-electron chi connectivity index (χ0n) is 15.5. The summed E-state index contributed by atoms with van der Waals surface area (Å²) in [6, 6.07) is 16.3. The number of carbonyl (C=O) groups excluding carboxylic acids is 1. The summed E-state index contributed by atoms with van der Waals surface area (Å²) in [5, 5.41) is 8.49. The van der Waals surface area contributed by atoms with E-state index in [4.69, 9.17) is 9.94 Å².